The number of aromatic nitrogens is 1. The lowest BCUT2D eigenvalue weighted by atomic mass is 10.3. The number of nitrogens with zero attached hydrogens (tertiary/aromatic N) is 2. The van der Waals surface area contributed by atoms with Gasteiger partial charge in [-0.1, -0.05) is 0 Å². The fourth-order valence-electron chi connectivity index (χ4n) is 0.971. The van der Waals surface area contributed by atoms with Crippen molar-refractivity contribution in [3.63, 3.8) is 0 Å². The zero-order valence-electron chi connectivity index (χ0n) is 7.30. The van der Waals surface area contributed by atoms with E-state index in [-0.39, 0.29) is 13.0 Å². The predicted molar refractivity (Wildman–Crippen MR) is 44.4 cm³/mol. The Morgan fingerprint density at radius 2 is 2.31 bits per heavy atom. The molecule has 0 aliphatic carbocycles. The normalized spacial score (nSPS) is 11.2. The van der Waals surface area contributed by atoms with Gasteiger partial charge in [-0.05, 0) is 13.0 Å². The summed E-state index contributed by atoms with van der Waals surface area (Å²) in [5.41, 5.74) is 0.499. The van der Waals surface area contributed by atoms with Crippen molar-refractivity contribution in [3.05, 3.63) is 24.0 Å². The summed E-state index contributed by atoms with van der Waals surface area (Å²) < 4.78 is 26.4. The molecule has 1 aromatic rings. The van der Waals surface area contributed by atoms with Crippen molar-refractivity contribution in [1.82, 2.24) is 4.57 Å². The van der Waals surface area contributed by atoms with Crippen LogP contribution in [-0.2, 0) is 6.54 Å². The van der Waals surface area contributed by atoms with Crippen LogP contribution < -0.4 is 0 Å². The fourth-order valence-corrected chi connectivity index (χ4v) is 0.971. The van der Waals surface area contributed by atoms with E-state index in [0.717, 1.165) is 6.92 Å². The van der Waals surface area contributed by atoms with Gasteiger partial charge in [0, 0.05) is 25.4 Å². The number of halogens is 2. The van der Waals surface area contributed by atoms with Crippen LogP contribution in [0.5, 0.6) is 0 Å². The zero-order chi connectivity index (χ0) is 9.90. The smallest absolute Gasteiger partial charge is 0.247 e. The molecular weight excluding hydrogens is 174 g/mol. The highest BCUT2D eigenvalue weighted by Crippen LogP contribution is 2.17. The van der Waals surface area contributed by atoms with E-state index in [9.17, 15) is 8.78 Å². The maximum absolute atomic E-state index is 12.4. The molecule has 2 nitrogen and oxygen atoms in total. The third-order valence-electron chi connectivity index (χ3n) is 1.69. The summed E-state index contributed by atoms with van der Waals surface area (Å²) in [6.07, 6.45) is 2.99. The van der Waals surface area contributed by atoms with Crippen molar-refractivity contribution in [2.24, 2.45) is 0 Å². The van der Waals surface area contributed by atoms with Gasteiger partial charge in [0.2, 0.25) is 5.92 Å². The SMILES string of the molecule is CC(F)(F)CCn1ccc(C#N)c1. The molecule has 0 atom stereocenters. The molecule has 0 unspecified atom stereocenters. The Balaban J connectivity index is 2.52. The second-order valence-corrected chi connectivity index (χ2v) is 3.07. The molecular formula is C9H10F2N2. The van der Waals surface area contributed by atoms with E-state index in [4.69, 9.17) is 5.26 Å². The molecule has 0 N–H and O–H groups in total. The zero-order valence-corrected chi connectivity index (χ0v) is 7.30. The van der Waals surface area contributed by atoms with Crippen molar-refractivity contribution in [2.45, 2.75) is 25.8 Å². The Labute approximate surface area is 75.4 Å². The van der Waals surface area contributed by atoms with Crippen molar-refractivity contribution in [3.8, 4) is 6.07 Å². The summed E-state index contributed by atoms with van der Waals surface area (Å²) in [4.78, 5) is 0. The van der Waals surface area contributed by atoms with Crippen LogP contribution in [0, 0.1) is 11.3 Å². The predicted octanol–water partition coefficient (Wildman–Crippen LogP) is 2.41. The monoisotopic (exact) mass is 184 g/mol. The third-order valence-corrected chi connectivity index (χ3v) is 1.69. The topological polar surface area (TPSA) is 28.7 Å². The standard InChI is InChI=1S/C9H10F2N2/c1-9(10,11)3-5-13-4-2-8(6-12)7-13/h2,4,7H,3,5H2,1H3. The van der Waals surface area contributed by atoms with Gasteiger partial charge >= 0.3 is 0 Å². The molecule has 0 aliphatic heterocycles. The van der Waals surface area contributed by atoms with Gasteiger partial charge in [0.1, 0.15) is 6.07 Å². The van der Waals surface area contributed by atoms with Crippen LogP contribution >= 0.6 is 0 Å². The van der Waals surface area contributed by atoms with Crippen LogP contribution in [-0.4, -0.2) is 10.5 Å². The average Bonchev–Trinajstić information content (AvgIpc) is 2.47. The van der Waals surface area contributed by atoms with Gasteiger partial charge in [0.05, 0.1) is 5.56 Å². The highest BCUT2D eigenvalue weighted by Gasteiger charge is 2.20. The summed E-state index contributed by atoms with van der Waals surface area (Å²) in [7, 11) is 0. The van der Waals surface area contributed by atoms with Crippen molar-refractivity contribution >= 4 is 0 Å². The van der Waals surface area contributed by atoms with E-state index in [1.165, 1.54) is 0 Å². The largest absolute Gasteiger partial charge is 0.353 e. The Bertz CT molecular complexity index is 317. The Hall–Kier alpha value is -1.37. The van der Waals surface area contributed by atoms with E-state index in [1.54, 1.807) is 23.0 Å². The minimum atomic E-state index is -2.64. The molecule has 0 saturated carbocycles. The molecule has 1 rings (SSSR count). The number of alkyl halides is 2. The first kappa shape index (κ1) is 9.72. The molecule has 0 aromatic carbocycles. The van der Waals surface area contributed by atoms with Gasteiger partial charge in [-0.3, -0.25) is 0 Å². The minimum Gasteiger partial charge on any atom is -0.353 e. The number of hydrogen-bond acceptors (Lipinski definition) is 1. The summed E-state index contributed by atoms with van der Waals surface area (Å²) >= 11 is 0. The number of hydrogen-bond donors (Lipinski definition) is 0. The lowest BCUT2D eigenvalue weighted by Gasteiger charge is -2.09. The van der Waals surface area contributed by atoms with Gasteiger partial charge < -0.3 is 4.57 Å². The van der Waals surface area contributed by atoms with Crippen molar-refractivity contribution < 1.29 is 8.78 Å². The summed E-state index contributed by atoms with van der Waals surface area (Å²) in [5, 5.41) is 8.47. The van der Waals surface area contributed by atoms with Crippen molar-refractivity contribution in [1.29, 1.82) is 5.26 Å². The third kappa shape index (κ3) is 3.24. The molecule has 4 heteroatoms. The van der Waals surface area contributed by atoms with Gasteiger partial charge in [0.15, 0.2) is 0 Å². The minimum absolute atomic E-state index is 0.202. The number of rotatable bonds is 3. The van der Waals surface area contributed by atoms with Crippen LogP contribution in [0.2, 0.25) is 0 Å². The van der Waals surface area contributed by atoms with Crippen LogP contribution in [0.1, 0.15) is 18.9 Å². The van der Waals surface area contributed by atoms with E-state index >= 15 is 0 Å². The lowest BCUT2D eigenvalue weighted by Crippen LogP contribution is -2.12. The first-order valence-corrected chi connectivity index (χ1v) is 3.95. The Morgan fingerprint density at radius 3 is 2.77 bits per heavy atom. The van der Waals surface area contributed by atoms with Crippen LogP contribution in [0.25, 0.3) is 0 Å². The summed E-state index contributed by atoms with van der Waals surface area (Å²) in [6, 6.07) is 3.54. The Morgan fingerprint density at radius 1 is 1.62 bits per heavy atom. The van der Waals surface area contributed by atoms with Gasteiger partial charge in [-0.15, -0.1) is 0 Å². The molecule has 0 bridgehead atoms. The van der Waals surface area contributed by atoms with Gasteiger partial charge in [-0.25, -0.2) is 8.78 Å². The molecule has 70 valence electrons. The van der Waals surface area contributed by atoms with E-state index in [0.29, 0.717) is 5.56 Å². The molecule has 0 saturated heterocycles. The molecule has 0 spiro atoms. The van der Waals surface area contributed by atoms with Crippen LogP contribution in [0.4, 0.5) is 8.78 Å². The number of nitriles is 1. The molecule has 0 radical (unpaired) electrons. The second kappa shape index (κ2) is 3.56. The first-order valence-electron chi connectivity index (χ1n) is 3.95. The second-order valence-electron chi connectivity index (χ2n) is 3.07. The summed E-state index contributed by atoms with van der Waals surface area (Å²) in [6.45, 7) is 1.13. The van der Waals surface area contributed by atoms with Gasteiger partial charge in [-0.2, -0.15) is 5.26 Å². The molecule has 0 amide bonds. The highest BCUT2D eigenvalue weighted by molar-refractivity contribution is 5.25. The number of aryl methyl sites for hydroxylation is 1. The molecule has 1 aromatic heterocycles. The average molecular weight is 184 g/mol. The molecule has 1 heterocycles. The first-order chi connectivity index (χ1) is 6.01. The van der Waals surface area contributed by atoms with Crippen molar-refractivity contribution in [2.75, 3.05) is 0 Å². The van der Waals surface area contributed by atoms with E-state index in [1.807, 2.05) is 6.07 Å². The fraction of sp³-hybridized carbons (Fsp3) is 0.444. The molecule has 13 heavy (non-hydrogen) atoms. The maximum Gasteiger partial charge on any atom is 0.247 e. The molecule has 0 aliphatic rings. The van der Waals surface area contributed by atoms with Crippen LogP contribution in [0.15, 0.2) is 18.5 Å². The molecule has 0 fully saturated rings. The van der Waals surface area contributed by atoms with Crippen LogP contribution in [0.3, 0.4) is 0 Å². The quantitative estimate of drug-likeness (QED) is 0.709. The highest BCUT2D eigenvalue weighted by atomic mass is 19.3. The maximum atomic E-state index is 12.4. The van der Waals surface area contributed by atoms with Gasteiger partial charge in [0.25, 0.3) is 0 Å². The van der Waals surface area contributed by atoms with E-state index in [2.05, 4.69) is 0 Å². The summed E-state index contributed by atoms with van der Waals surface area (Å²) in [5.74, 6) is -2.64. The Kier molecular flexibility index (Phi) is 2.66. The van der Waals surface area contributed by atoms with E-state index < -0.39 is 5.92 Å². The lowest BCUT2D eigenvalue weighted by molar-refractivity contribution is 0.00872.